The second kappa shape index (κ2) is 6.38. The summed E-state index contributed by atoms with van der Waals surface area (Å²) in [5.41, 5.74) is 0.585. The van der Waals surface area contributed by atoms with E-state index in [0.29, 0.717) is 5.41 Å². The molecule has 0 aliphatic heterocycles. The van der Waals surface area contributed by atoms with Crippen molar-refractivity contribution in [1.82, 2.24) is 10.2 Å². The molecule has 18 heavy (non-hydrogen) atoms. The smallest absolute Gasteiger partial charge is 0.00684 e. The molecule has 2 fully saturated rings. The van der Waals surface area contributed by atoms with Gasteiger partial charge in [0.05, 0.1) is 0 Å². The molecular formula is C16H32N2. The van der Waals surface area contributed by atoms with Gasteiger partial charge in [-0.1, -0.05) is 26.7 Å². The van der Waals surface area contributed by atoms with Crippen LogP contribution < -0.4 is 5.32 Å². The molecule has 2 nitrogen and oxygen atoms in total. The Morgan fingerprint density at radius 3 is 2.39 bits per heavy atom. The minimum atomic E-state index is 0.585. The molecule has 2 aliphatic rings. The van der Waals surface area contributed by atoms with Crippen LogP contribution in [0.3, 0.4) is 0 Å². The quantitative estimate of drug-likeness (QED) is 0.712. The maximum absolute atomic E-state index is 3.80. The van der Waals surface area contributed by atoms with E-state index in [1.165, 1.54) is 64.6 Å². The van der Waals surface area contributed by atoms with Crippen LogP contribution in [0.1, 0.15) is 65.7 Å². The Morgan fingerprint density at radius 1 is 1.22 bits per heavy atom. The maximum Gasteiger partial charge on any atom is 0.00684 e. The first-order chi connectivity index (χ1) is 8.69. The Bertz CT molecular complexity index is 241. The number of rotatable bonds is 8. The molecule has 1 atom stereocenters. The van der Waals surface area contributed by atoms with Gasteiger partial charge in [-0.3, -0.25) is 0 Å². The van der Waals surface area contributed by atoms with Gasteiger partial charge in [0.2, 0.25) is 0 Å². The molecular weight excluding hydrogens is 220 g/mol. The van der Waals surface area contributed by atoms with Crippen molar-refractivity contribution in [2.45, 2.75) is 77.8 Å². The lowest BCUT2D eigenvalue weighted by Crippen LogP contribution is -2.46. The molecule has 106 valence electrons. The standard InChI is InChI=1S/C16H32N2/c1-4-14(3)18(5-2)13-16(10-6-7-11-16)12-17-15-8-9-15/h14-15,17H,4-13H2,1-3H3. The zero-order valence-corrected chi connectivity index (χ0v) is 12.7. The third-order valence-corrected chi connectivity index (χ3v) is 5.17. The Kier molecular flexibility index (Phi) is 5.08. The Morgan fingerprint density at radius 2 is 1.89 bits per heavy atom. The molecule has 0 spiro atoms. The second-order valence-electron chi connectivity index (χ2n) is 6.68. The van der Waals surface area contributed by atoms with Gasteiger partial charge in [-0.05, 0) is 51.0 Å². The van der Waals surface area contributed by atoms with Crippen LogP contribution in [-0.2, 0) is 0 Å². The zero-order valence-electron chi connectivity index (χ0n) is 12.7. The first kappa shape index (κ1) is 14.3. The van der Waals surface area contributed by atoms with Crippen LogP contribution in [0.25, 0.3) is 0 Å². The fraction of sp³-hybridized carbons (Fsp3) is 1.00. The summed E-state index contributed by atoms with van der Waals surface area (Å²) < 4.78 is 0. The van der Waals surface area contributed by atoms with Crippen molar-refractivity contribution in [3.63, 3.8) is 0 Å². The van der Waals surface area contributed by atoms with Crippen molar-refractivity contribution in [3.05, 3.63) is 0 Å². The summed E-state index contributed by atoms with van der Waals surface area (Å²) in [5, 5.41) is 3.80. The minimum absolute atomic E-state index is 0.585. The van der Waals surface area contributed by atoms with E-state index in [1.807, 2.05) is 0 Å². The molecule has 0 radical (unpaired) electrons. The van der Waals surface area contributed by atoms with Crippen LogP contribution in [0.5, 0.6) is 0 Å². The third kappa shape index (κ3) is 3.71. The van der Waals surface area contributed by atoms with Crippen molar-refractivity contribution in [2.75, 3.05) is 19.6 Å². The first-order valence-electron chi connectivity index (χ1n) is 8.16. The summed E-state index contributed by atoms with van der Waals surface area (Å²) in [6.45, 7) is 10.8. The van der Waals surface area contributed by atoms with Crippen LogP contribution in [0, 0.1) is 5.41 Å². The van der Waals surface area contributed by atoms with E-state index in [1.54, 1.807) is 0 Å². The molecule has 0 heterocycles. The van der Waals surface area contributed by atoms with Gasteiger partial charge in [0.1, 0.15) is 0 Å². The normalized spacial score (nSPS) is 24.7. The fourth-order valence-electron chi connectivity index (χ4n) is 3.43. The lowest BCUT2D eigenvalue weighted by molar-refractivity contribution is 0.118. The van der Waals surface area contributed by atoms with Gasteiger partial charge in [-0.25, -0.2) is 0 Å². The molecule has 0 saturated heterocycles. The molecule has 0 aromatic rings. The lowest BCUT2D eigenvalue weighted by atomic mass is 9.84. The van der Waals surface area contributed by atoms with Crippen LogP contribution in [0.2, 0.25) is 0 Å². The van der Waals surface area contributed by atoms with Crippen LogP contribution in [0.15, 0.2) is 0 Å². The average Bonchev–Trinajstić information content (AvgIpc) is 3.12. The summed E-state index contributed by atoms with van der Waals surface area (Å²) in [5.74, 6) is 0. The van der Waals surface area contributed by atoms with E-state index in [0.717, 1.165) is 12.1 Å². The van der Waals surface area contributed by atoms with Crippen LogP contribution in [-0.4, -0.2) is 36.6 Å². The molecule has 2 saturated carbocycles. The Balaban J connectivity index is 1.90. The van der Waals surface area contributed by atoms with E-state index in [9.17, 15) is 0 Å². The second-order valence-corrected chi connectivity index (χ2v) is 6.68. The minimum Gasteiger partial charge on any atom is -0.313 e. The summed E-state index contributed by atoms with van der Waals surface area (Å²) in [6.07, 6.45) is 9.89. The van der Waals surface area contributed by atoms with E-state index >= 15 is 0 Å². The zero-order chi connectivity index (χ0) is 13.0. The Hall–Kier alpha value is -0.0800. The summed E-state index contributed by atoms with van der Waals surface area (Å²) in [7, 11) is 0. The third-order valence-electron chi connectivity index (χ3n) is 5.17. The van der Waals surface area contributed by atoms with E-state index in [2.05, 4.69) is 31.0 Å². The Labute approximate surface area is 114 Å². The number of hydrogen-bond acceptors (Lipinski definition) is 2. The molecule has 2 rings (SSSR count). The summed E-state index contributed by atoms with van der Waals surface area (Å²) >= 11 is 0. The summed E-state index contributed by atoms with van der Waals surface area (Å²) in [4.78, 5) is 2.71. The lowest BCUT2D eigenvalue weighted by Gasteiger charge is -2.38. The van der Waals surface area contributed by atoms with Gasteiger partial charge in [-0.2, -0.15) is 0 Å². The van der Waals surface area contributed by atoms with Gasteiger partial charge in [0, 0.05) is 25.2 Å². The highest BCUT2D eigenvalue weighted by Gasteiger charge is 2.37. The molecule has 1 N–H and O–H groups in total. The summed E-state index contributed by atoms with van der Waals surface area (Å²) in [6, 6.07) is 1.61. The molecule has 0 aromatic heterocycles. The first-order valence-corrected chi connectivity index (χ1v) is 8.16. The van der Waals surface area contributed by atoms with Crippen molar-refractivity contribution >= 4 is 0 Å². The van der Waals surface area contributed by atoms with Crippen molar-refractivity contribution in [3.8, 4) is 0 Å². The molecule has 2 aliphatic carbocycles. The average molecular weight is 252 g/mol. The largest absolute Gasteiger partial charge is 0.313 e. The van der Waals surface area contributed by atoms with Gasteiger partial charge < -0.3 is 10.2 Å². The number of nitrogens with one attached hydrogen (secondary N) is 1. The highest BCUT2D eigenvalue weighted by atomic mass is 15.2. The van der Waals surface area contributed by atoms with Crippen molar-refractivity contribution in [2.24, 2.45) is 5.41 Å². The number of nitrogens with zero attached hydrogens (tertiary/aromatic N) is 1. The SMILES string of the molecule is CCC(C)N(CC)CC1(CNC2CC2)CCCC1. The van der Waals surface area contributed by atoms with Crippen molar-refractivity contribution in [1.29, 1.82) is 0 Å². The molecule has 1 unspecified atom stereocenters. The predicted molar refractivity (Wildman–Crippen MR) is 78.9 cm³/mol. The molecule has 0 aromatic carbocycles. The number of hydrogen-bond donors (Lipinski definition) is 1. The van der Waals surface area contributed by atoms with Gasteiger partial charge in [0.15, 0.2) is 0 Å². The van der Waals surface area contributed by atoms with E-state index in [-0.39, 0.29) is 0 Å². The monoisotopic (exact) mass is 252 g/mol. The van der Waals surface area contributed by atoms with Crippen molar-refractivity contribution < 1.29 is 0 Å². The fourth-order valence-corrected chi connectivity index (χ4v) is 3.43. The highest BCUT2D eigenvalue weighted by Crippen LogP contribution is 2.39. The van der Waals surface area contributed by atoms with Gasteiger partial charge in [-0.15, -0.1) is 0 Å². The van der Waals surface area contributed by atoms with Gasteiger partial charge >= 0.3 is 0 Å². The topological polar surface area (TPSA) is 15.3 Å². The maximum atomic E-state index is 3.80. The molecule has 0 amide bonds. The van der Waals surface area contributed by atoms with Gasteiger partial charge in [0.25, 0.3) is 0 Å². The molecule has 0 bridgehead atoms. The van der Waals surface area contributed by atoms with Crippen LogP contribution >= 0.6 is 0 Å². The highest BCUT2D eigenvalue weighted by molar-refractivity contribution is 4.93. The predicted octanol–water partition coefficient (Wildman–Crippen LogP) is 3.42. The van der Waals surface area contributed by atoms with E-state index in [4.69, 9.17) is 0 Å². The van der Waals surface area contributed by atoms with E-state index < -0.39 is 0 Å². The molecule has 2 heteroatoms. The van der Waals surface area contributed by atoms with Crippen LogP contribution in [0.4, 0.5) is 0 Å².